The molecule has 0 saturated heterocycles. The molecule has 0 aliphatic carbocycles. The van der Waals surface area contributed by atoms with E-state index in [0.29, 0.717) is 29.4 Å². The van der Waals surface area contributed by atoms with E-state index in [-0.39, 0.29) is 17.4 Å². The highest BCUT2D eigenvalue weighted by Gasteiger charge is 2.19. The van der Waals surface area contributed by atoms with Crippen LogP contribution in [0.25, 0.3) is 0 Å². The van der Waals surface area contributed by atoms with Crippen molar-refractivity contribution < 1.29 is 9.18 Å². The smallest absolute Gasteiger partial charge is 0.325 e. The molecular weight excluding hydrogens is 379 g/mol. The van der Waals surface area contributed by atoms with Crippen molar-refractivity contribution in [1.29, 1.82) is 0 Å². The van der Waals surface area contributed by atoms with Gasteiger partial charge in [0, 0.05) is 12.2 Å². The Morgan fingerprint density at radius 3 is 2.75 bits per heavy atom. The maximum atomic E-state index is 13.6. The van der Waals surface area contributed by atoms with E-state index in [1.807, 2.05) is 30.3 Å². The summed E-state index contributed by atoms with van der Waals surface area (Å²) in [5, 5.41) is 9.08. The van der Waals surface area contributed by atoms with E-state index in [0.717, 1.165) is 5.56 Å². The van der Waals surface area contributed by atoms with Gasteiger partial charge in [0.25, 0.3) is 0 Å². The Balaban J connectivity index is 1.65. The molecule has 0 saturated carbocycles. The Hall–Kier alpha value is -2.87. The number of aromatic amines is 1. The van der Waals surface area contributed by atoms with Crippen LogP contribution in [0.4, 0.5) is 10.1 Å². The number of hydrogen-bond donors (Lipinski definition) is 2. The lowest BCUT2D eigenvalue weighted by atomic mass is 10.1. The first-order valence-corrected chi connectivity index (χ1v) is 9.75. The summed E-state index contributed by atoms with van der Waals surface area (Å²) in [5.41, 5.74) is 1.70. The predicted octanol–water partition coefficient (Wildman–Crippen LogP) is 3.38. The first kappa shape index (κ1) is 19.9. The average molecular weight is 400 g/mol. The van der Waals surface area contributed by atoms with Gasteiger partial charge >= 0.3 is 5.69 Å². The SMILES string of the molecule is Cc1ccc(NC(=O)C(C)Sc2n[nH]c(=O)n2CCc2ccccc2)cc1F. The van der Waals surface area contributed by atoms with Crippen molar-refractivity contribution in [3.8, 4) is 0 Å². The van der Waals surface area contributed by atoms with Gasteiger partial charge in [-0.25, -0.2) is 14.3 Å². The van der Waals surface area contributed by atoms with E-state index >= 15 is 0 Å². The molecule has 0 bridgehead atoms. The van der Waals surface area contributed by atoms with E-state index in [2.05, 4.69) is 15.5 Å². The lowest BCUT2D eigenvalue weighted by Crippen LogP contribution is -2.24. The number of anilines is 1. The molecule has 1 unspecified atom stereocenters. The Morgan fingerprint density at radius 2 is 2.04 bits per heavy atom. The van der Waals surface area contributed by atoms with Crippen LogP contribution in [0.1, 0.15) is 18.1 Å². The fraction of sp³-hybridized carbons (Fsp3) is 0.250. The standard InChI is InChI=1S/C20H21FN4O2S/c1-13-8-9-16(12-17(13)21)22-18(26)14(2)28-20-24-23-19(27)25(20)11-10-15-6-4-3-5-7-15/h3-9,12,14H,10-11H2,1-2H3,(H,22,26)(H,23,27). The highest BCUT2D eigenvalue weighted by atomic mass is 32.2. The van der Waals surface area contributed by atoms with Gasteiger partial charge in [-0.05, 0) is 43.5 Å². The van der Waals surface area contributed by atoms with Crippen LogP contribution in [0.15, 0.2) is 58.5 Å². The Morgan fingerprint density at radius 1 is 1.29 bits per heavy atom. The number of benzene rings is 2. The summed E-state index contributed by atoms with van der Waals surface area (Å²) in [5.74, 6) is -0.668. The van der Waals surface area contributed by atoms with Gasteiger partial charge in [0.2, 0.25) is 5.91 Å². The summed E-state index contributed by atoms with van der Waals surface area (Å²) < 4.78 is 15.2. The fourth-order valence-corrected chi connectivity index (χ4v) is 3.48. The van der Waals surface area contributed by atoms with Crippen molar-refractivity contribution in [2.75, 3.05) is 5.32 Å². The number of hydrogen-bond acceptors (Lipinski definition) is 4. The molecule has 1 aromatic heterocycles. The lowest BCUT2D eigenvalue weighted by Gasteiger charge is -2.12. The summed E-state index contributed by atoms with van der Waals surface area (Å²) >= 11 is 1.18. The Kier molecular flexibility index (Phi) is 6.30. The quantitative estimate of drug-likeness (QED) is 0.596. The van der Waals surface area contributed by atoms with Crippen LogP contribution in [-0.2, 0) is 17.8 Å². The largest absolute Gasteiger partial charge is 0.343 e. The summed E-state index contributed by atoms with van der Waals surface area (Å²) in [4.78, 5) is 24.5. The molecule has 146 valence electrons. The molecule has 0 radical (unpaired) electrons. The molecule has 2 aromatic carbocycles. The molecule has 1 atom stereocenters. The maximum Gasteiger partial charge on any atom is 0.343 e. The van der Waals surface area contributed by atoms with E-state index < -0.39 is 5.25 Å². The van der Waals surface area contributed by atoms with Crippen LogP contribution < -0.4 is 11.0 Å². The van der Waals surface area contributed by atoms with Crippen molar-refractivity contribution in [1.82, 2.24) is 14.8 Å². The molecule has 0 spiro atoms. The van der Waals surface area contributed by atoms with Crippen LogP contribution in [-0.4, -0.2) is 25.9 Å². The van der Waals surface area contributed by atoms with E-state index in [1.54, 1.807) is 26.0 Å². The number of nitrogens with zero attached hydrogens (tertiary/aromatic N) is 2. The maximum absolute atomic E-state index is 13.6. The van der Waals surface area contributed by atoms with Gasteiger partial charge in [-0.1, -0.05) is 48.2 Å². The molecule has 6 nitrogen and oxygen atoms in total. The van der Waals surface area contributed by atoms with Crippen molar-refractivity contribution in [3.63, 3.8) is 0 Å². The first-order chi connectivity index (χ1) is 13.4. The van der Waals surface area contributed by atoms with Crippen molar-refractivity contribution in [3.05, 3.63) is 76.0 Å². The number of nitrogens with one attached hydrogen (secondary N) is 2. The number of rotatable bonds is 7. The second kappa shape index (κ2) is 8.88. The average Bonchev–Trinajstić information content (AvgIpc) is 3.03. The van der Waals surface area contributed by atoms with Gasteiger partial charge in [0.15, 0.2) is 5.16 Å². The van der Waals surface area contributed by atoms with Crippen LogP contribution in [0.5, 0.6) is 0 Å². The minimum absolute atomic E-state index is 0.293. The van der Waals surface area contributed by atoms with Gasteiger partial charge < -0.3 is 5.32 Å². The fourth-order valence-electron chi connectivity index (χ4n) is 2.60. The zero-order valence-electron chi connectivity index (χ0n) is 15.6. The number of halogens is 1. The van der Waals surface area contributed by atoms with Crippen molar-refractivity contribution >= 4 is 23.4 Å². The van der Waals surface area contributed by atoms with Crippen molar-refractivity contribution in [2.45, 2.75) is 37.2 Å². The molecule has 0 aliphatic heterocycles. The second-order valence-corrected chi connectivity index (χ2v) is 7.72. The number of carbonyl (C=O) groups excluding carboxylic acids is 1. The van der Waals surface area contributed by atoms with E-state index in [4.69, 9.17) is 0 Å². The summed E-state index contributed by atoms with van der Waals surface area (Å²) in [6.07, 6.45) is 0.678. The van der Waals surface area contributed by atoms with Crippen LogP contribution in [0.2, 0.25) is 0 Å². The Bertz CT molecular complexity index is 1020. The molecule has 1 heterocycles. The number of thioether (sulfide) groups is 1. The minimum atomic E-state index is -0.518. The molecule has 3 aromatic rings. The molecule has 8 heteroatoms. The number of aromatic nitrogens is 3. The predicted molar refractivity (Wildman–Crippen MR) is 108 cm³/mol. The summed E-state index contributed by atoms with van der Waals surface area (Å²) in [6.45, 7) is 3.83. The van der Waals surface area contributed by atoms with Crippen LogP contribution in [0, 0.1) is 12.7 Å². The zero-order chi connectivity index (χ0) is 20.1. The van der Waals surface area contributed by atoms with Gasteiger partial charge in [-0.2, -0.15) is 0 Å². The van der Waals surface area contributed by atoms with Gasteiger partial charge in [-0.15, -0.1) is 5.10 Å². The van der Waals surface area contributed by atoms with E-state index in [9.17, 15) is 14.0 Å². The topological polar surface area (TPSA) is 79.8 Å². The third kappa shape index (κ3) is 4.89. The highest BCUT2D eigenvalue weighted by molar-refractivity contribution is 8.00. The third-order valence-electron chi connectivity index (χ3n) is 4.28. The zero-order valence-corrected chi connectivity index (χ0v) is 16.4. The van der Waals surface area contributed by atoms with E-state index in [1.165, 1.54) is 22.4 Å². The third-order valence-corrected chi connectivity index (χ3v) is 5.37. The molecule has 3 rings (SSSR count). The molecule has 28 heavy (non-hydrogen) atoms. The highest BCUT2D eigenvalue weighted by Crippen LogP contribution is 2.22. The lowest BCUT2D eigenvalue weighted by molar-refractivity contribution is -0.115. The molecule has 2 N–H and O–H groups in total. The van der Waals surface area contributed by atoms with Gasteiger partial charge in [0.1, 0.15) is 5.82 Å². The van der Waals surface area contributed by atoms with Crippen molar-refractivity contribution in [2.24, 2.45) is 0 Å². The number of carbonyl (C=O) groups is 1. The number of H-pyrrole nitrogens is 1. The minimum Gasteiger partial charge on any atom is -0.325 e. The van der Waals surface area contributed by atoms with Gasteiger partial charge in [0.05, 0.1) is 5.25 Å². The summed E-state index contributed by atoms with van der Waals surface area (Å²) in [7, 11) is 0. The van der Waals surface area contributed by atoms with Crippen LogP contribution >= 0.6 is 11.8 Å². The normalized spacial score (nSPS) is 12.0. The molecule has 1 amide bonds. The first-order valence-electron chi connectivity index (χ1n) is 8.87. The van der Waals surface area contributed by atoms with Crippen LogP contribution in [0.3, 0.4) is 0 Å². The molecular formula is C20H21FN4O2S. The van der Waals surface area contributed by atoms with Gasteiger partial charge in [-0.3, -0.25) is 9.36 Å². The Labute approximate surface area is 166 Å². The molecule has 0 aliphatic rings. The molecule has 0 fully saturated rings. The summed E-state index contributed by atoms with van der Waals surface area (Å²) in [6, 6.07) is 14.4. The monoisotopic (exact) mass is 400 g/mol. The number of aryl methyl sites for hydroxylation is 2. The second-order valence-electron chi connectivity index (χ2n) is 6.41. The number of amides is 1.